The van der Waals surface area contributed by atoms with Crippen LogP contribution in [0.3, 0.4) is 0 Å². The number of ether oxygens (including phenoxy) is 2. The normalized spacial score (nSPS) is 25.3. The minimum atomic E-state index is -4.82. The van der Waals surface area contributed by atoms with E-state index in [2.05, 4.69) is 19.9 Å². The van der Waals surface area contributed by atoms with E-state index in [0.717, 1.165) is 6.20 Å². The molecule has 3 N–H and O–H groups in total. The summed E-state index contributed by atoms with van der Waals surface area (Å²) in [6, 6.07) is 0.778. The number of morpholine rings is 1. The van der Waals surface area contributed by atoms with Gasteiger partial charge in [0.05, 0.1) is 31.1 Å². The molecule has 0 radical (unpaired) electrons. The lowest BCUT2D eigenvalue weighted by Crippen LogP contribution is -2.39. The Balaban J connectivity index is 1.64. The van der Waals surface area contributed by atoms with Gasteiger partial charge in [-0.2, -0.15) is 18.2 Å². The van der Waals surface area contributed by atoms with Crippen LogP contribution in [-0.4, -0.2) is 75.7 Å². The molecular formula is C19H20F3N7O4. The lowest BCUT2D eigenvalue weighted by molar-refractivity contribution is -0.140. The SMILES string of the molecule is Nc1ncc(-c2cc(N3C(=O)O[C@@H]4[C@@H](O)CC[C@@H]43)nc(N3CCOCC3)n2)c(C(F)(F)F)n1. The summed E-state index contributed by atoms with van der Waals surface area (Å²) in [5.41, 5.74) is 3.63. The molecule has 2 aromatic heterocycles. The molecular weight excluding hydrogens is 447 g/mol. The fourth-order valence-corrected chi connectivity index (χ4v) is 4.32. The summed E-state index contributed by atoms with van der Waals surface area (Å²) >= 11 is 0. The van der Waals surface area contributed by atoms with E-state index in [-0.39, 0.29) is 17.5 Å². The van der Waals surface area contributed by atoms with Gasteiger partial charge in [-0.25, -0.2) is 19.7 Å². The molecule has 0 aromatic carbocycles. The molecule has 11 nitrogen and oxygen atoms in total. The monoisotopic (exact) mass is 467 g/mol. The predicted molar refractivity (Wildman–Crippen MR) is 107 cm³/mol. The maximum atomic E-state index is 13.7. The molecule has 14 heteroatoms. The van der Waals surface area contributed by atoms with Gasteiger partial charge in [0.15, 0.2) is 11.8 Å². The zero-order valence-electron chi connectivity index (χ0n) is 17.2. The number of rotatable bonds is 3. The predicted octanol–water partition coefficient (Wildman–Crippen LogP) is 1.22. The lowest BCUT2D eigenvalue weighted by Gasteiger charge is -2.28. The van der Waals surface area contributed by atoms with Gasteiger partial charge >= 0.3 is 12.3 Å². The smallest absolute Gasteiger partial charge is 0.434 e. The van der Waals surface area contributed by atoms with Crippen LogP contribution >= 0.6 is 0 Å². The van der Waals surface area contributed by atoms with Gasteiger partial charge in [0.1, 0.15) is 5.82 Å². The highest BCUT2D eigenvalue weighted by Gasteiger charge is 2.51. The van der Waals surface area contributed by atoms with Crippen molar-refractivity contribution in [3.8, 4) is 11.3 Å². The maximum Gasteiger partial charge on any atom is 0.434 e. The zero-order valence-corrected chi connectivity index (χ0v) is 17.2. The third-order valence-electron chi connectivity index (χ3n) is 5.88. The molecule has 2 saturated heterocycles. The van der Waals surface area contributed by atoms with Gasteiger partial charge in [0.2, 0.25) is 11.9 Å². The Morgan fingerprint density at radius 1 is 1.15 bits per heavy atom. The van der Waals surface area contributed by atoms with Crippen LogP contribution in [0.4, 0.5) is 35.7 Å². The van der Waals surface area contributed by atoms with Crippen molar-refractivity contribution in [2.45, 2.75) is 37.3 Å². The molecule has 3 aliphatic rings. The van der Waals surface area contributed by atoms with E-state index in [0.29, 0.717) is 39.1 Å². The number of halogens is 3. The number of hydrogen-bond donors (Lipinski definition) is 2. The number of nitrogen functional groups attached to an aromatic ring is 1. The third-order valence-corrected chi connectivity index (χ3v) is 5.88. The molecule has 1 saturated carbocycles. The van der Waals surface area contributed by atoms with E-state index < -0.39 is 47.7 Å². The van der Waals surface area contributed by atoms with Crippen LogP contribution in [0.1, 0.15) is 18.5 Å². The van der Waals surface area contributed by atoms with Gasteiger partial charge in [-0.3, -0.25) is 4.90 Å². The molecule has 4 heterocycles. The van der Waals surface area contributed by atoms with E-state index in [9.17, 15) is 23.1 Å². The van der Waals surface area contributed by atoms with Crippen LogP contribution in [0.2, 0.25) is 0 Å². The van der Waals surface area contributed by atoms with E-state index in [1.807, 2.05) is 0 Å². The van der Waals surface area contributed by atoms with Crippen LogP contribution in [0.25, 0.3) is 11.3 Å². The van der Waals surface area contributed by atoms with E-state index in [1.54, 1.807) is 4.90 Å². The molecule has 0 unspecified atom stereocenters. The van der Waals surface area contributed by atoms with Crippen molar-refractivity contribution < 1.29 is 32.5 Å². The van der Waals surface area contributed by atoms with Crippen LogP contribution in [0.15, 0.2) is 12.3 Å². The number of anilines is 3. The van der Waals surface area contributed by atoms with Gasteiger partial charge in [-0.1, -0.05) is 0 Å². The van der Waals surface area contributed by atoms with E-state index >= 15 is 0 Å². The summed E-state index contributed by atoms with van der Waals surface area (Å²) in [6.07, 6.45) is -5.25. The van der Waals surface area contributed by atoms with Crippen molar-refractivity contribution in [2.75, 3.05) is 41.8 Å². The first-order valence-corrected chi connectivity index (χ1v) is 10.3. The number of nitrogens with two attached hydrogens (primary N) is 1. The molecule has 3 atom stereocenters. The van der Waals surface area contributed by atoms with Crippen molar-refractivity contribution in [3.63, 3.8) is 0 Å². The Morgan fingerprint density at radius 2 is 1.91 bits per heavy atom. The number of alkyl halides is 3. The fraction of sp³-hybridized carbons (Fsp3) is 0.526. The standard InChI is InChI=1S/C19H20F3N7O4/c20-19(21,22)15-9(8-24-16(23)27-15)10-7-13(26-17(25-10)28-3-5-32-6-4-28)29-11-1-2-12(30)14(11)33-18(29)31/h7-8,11-12,14,30H,1-6H2,(H2,23,24,27)/t11-,12-,14-/m0/s1. The van der Waals surface area contributed by atoms with Crippen molar-refractivity contribution in [2.24, 2.45) is 0 Å². The first kappa shape index (κ1) is 21.6. The number of aliphatic hydroxyl groups excluding tert-OH is 1. The number of hydrogen-bond acceptors (Lipinski definition) is 10. The van der Waals surface area contributed by atoms with Gasteiger partial charge in [0.25, 0.3) is 0 Å². The highest BCUT2D eigenvalue weighted by Crippen LogP contribution is 2.40. The minimum absolute atomic E-state index is 0.0676. The van der Waals surface area contributed by atoms with E-state index in [4.69, 9.17) is 15.2 Å². The second-order valence-electron chi connectivity index (χ2n) is 7.93. The first-order chi connectivity index (χ1) is 15.7. The molecule has 2 aromatic rings. The Labute approximate surface area is 185 Å². The number of carbonyl (C=O) groups is 1. The first-order valence-electron chi connectivity index (χ1n) is 10.3. The largest absolute Gasteiger partial charge is 0.441 e. The highest BCUT2D eigenvalue weighted by atomic mass is 19.4. The summed E-state index contributed by atoms with van der Waals surface area (Å²) in [6.45, 7) is 1.62. The molecule has 0 spiro atoms. The topological polar surface area (TPSA) is 140 Å². The lowest BCUT2D eigenvalue weighted by atomic mass is 10.1. The van der Waals surface area contributed by atoms with Gasteiger partial charge < -0.3 is 25.2 Å². The second kappa shape index (κ2) is 7.95. The molecule has 5 rings (SSSR count). The van der Waals surface area contributed by atoms with Gasteiger partial charge in [0, 0.05) is 30.9 Å². The summed E-state index contributed by atoms with van der Waals surface area (Å²) in [7, 11) is 0. The number of amides is 1. The van der Waals surface area contributed by atoms with Crippen LogP contribution in [-0.2, 0) is 15.7 Å². The number of aromatic nitrogens is 4. The molecule has 33 heavy (non-hydrogen) atoms. The molecule has 1 amide bonds. The Morgan fingerprint density at radius 3 is 2.64 bits per heavy atom. The summed E-state index contributed by atoms with van der Waals surface area (Å²) in [5, 5.41) is 10.1. The van der Waals surface area contributed by atoms with Crippen molar-refractivity contribution in [3.05, 3.63) is 18.0 Å². The quantitative estimate of drug-likeness (QED) is 0.677. The summed E-state index contributed by atoms with van der Waals surface area (Å²) < 4.78 is 51.8. The van der Waals surface area contributed by atoms with Crippen LogP contribution < -0.4 is 15.5 Å². The van der Waals surface area contributed by atoms with Gasteiger partial charge in [-0.15, -0.1) is 0 Å². The van der Waals surface area contributed by atoms with Gasteiger partial charge in [-0.05, 0) is 12.8 Å². The molecule has 1 aliphatic carbocycles. The van der Waals surface area contributed by atoms with Crippen molar-refractivity contribution >= 4 is 23.8 Å². The third kappa shape index (κ3) is 3.88. The molecule has 0 bridgehead atoms. The Kier molecular flexibility index (Phi) is 5.20. The fourth-order valence-electron chi connectivity index (χ4n) is 4.32. The summed E-state index contributed by atoms with van der Waals surface area (Å²) in [5.74, 6) is -0.330. The van der Waals surface area contributed by atoms with Crippen LogP contribution in [0.5, 0.6) is 0 Å². The number of fused-ring (bicyclic) bond motifs is 1. The highest BCUT2D eigenvalue weighted by molar-refractivity contribution is 5.91. The molecule has 176 valence electrons. The van der Waals surface area contributed by atoms with Crippen LogP contribution in [0, 0.1) is 0 Å². The second-order valence-corrected chi connectivity index (χ2v) is 7.93. The maximum absolute atomic E-state index is 13.7. The van der Waals surface area contributed by atoms with E-state index in [1.165, 1.54) is 11.0 Å². The summed E-state index contributed by atoms with van der Waals surface area (Å²) in [4.78, 5) is 31.5. The average Bonchev–Trinajstić information content (AvgIpc) is 3.31. The van der Waals surface area contributed by atoms with Crippen molar-refractivity contribution in [1.82, 2.24) is 19.9 Å². The number of carbonyl (C=O) groups excluding carboxylic acids is 1. The molecule has 3 fully saturated rings. The number of nitrogens with zero attached hydrogens (tertiary/aromatic N) is 6. The number of aliphatic hydroxyl groups is 1. The van der Waals surface area contributed by atoms with Crippen molar-refractivity contribution in [1.29, 1.82) is 0 Å². The molecule has 2 aliphatic heterocycles. The average molecular weight is 467 g/mol. The Hall–Kier alpha value is -3.26. The zero-order chi connectivity index (χ0) is 23.3. The Bertz CT molecular complexity index is 1080. The minimum Gasteiger partial charge on any atom is -0.441 e.